The fraction of sp³-hybridized carbons (Fsp3) is 0.429. The van der Waals surface area contributed by atoms with Crippen LogP contribution in [0.4, 0.5) is 0 Å². The van der Waals surface area contributed by atoms with E-state index in [2.05, 4.69) is 15.3 Å². The number of benzene rings is 1. The number of likely N-dealkylation sites (tertiary alicyclic amines) is 1. The number of amides is 2. The van der Waals surface area contributed by atoms with E-state index in [1.54, 1.807) is 7.11 Å². The summed E-state index contributed by atoms with van der Waals surface area (Å²) in [6.45, 7) is 0.664. The van der Waals surface area contributed by atoms with Crippen molar-refractivity contribution in [2.45, 2.75) is 43.4 Å². The molecule has 0 radical (unpaired) electrons. The zero-order chi connectivity index (χ0) is 19.6. The minimum Gasteiger partial charge on any atom is -0.376 e. The third-order valence-electron chi connectivity index (χ3n) is 6.00. The van der Waals surface area contributed by atoms with Gasteiger partial charge in [-0.05, 0) is 37.8 Å². The maximum absolute atomic E-state index is 13.1. The first kappa shape index (κ1) is 18.6. The number of hydrogen-bond donors (Lipinski definition) is 1. The highest BCUT2D eigenvalue weighted by Gasteiger charge is 2.52. The molecule has 2 fully saturated rings. The number of carbonyl (C=O) groups is 2. The molecule has 146 valence electrons. The molecule has 2 heterocycles. The molecule has 1 saturated heterocycles. The number of fused-ring (bicyclic) bond motifs is 1. The zero-order valence-corrected chi connectivity index (χ0v) is 15.9. The molecule has 1 aliphatic heterocycles. The lowest BCUT2D eigenvalue weighted by atomic mass is 9.78. The van der Waals surface area contributed by atoms with Gasteiger partial charge in [-0.1, -0.05) is 18.2 Å². The summed E-state index contributed by atoms with van der Waals surface area (Å²) >= 11 is 0. The van der Waals surface area contributed by atoms with Crippen LogP contribution in [0.3, 0.4) is 0 Å². The number of nitrogens with zero attached hydrogens (tertiary/aromatic N) is 3. The maximum atomic E-state index is 13.1. The molecule has 0 unspecified atom stereocenters. The van der Waals surface area contributed by atoms with Gasteiger partial charge < -0.3 is 15.0 Å². The summed E-state index contributed by atoms with van der Waals surface area (Å²) in [5.41, 5.74) is 0.646. The Bertz CT molecular complexity index is 845. The SMILES string of the molecule is CO[C@@]12CC[C@@H](NC(=O)c3cnccn3)C[C@@H]1N(C(=O)c1ccccc1)CC2. The van der Waals surface area contributed by atoms with Crippen LogP contribution >= 0.6 is 0 Å². The third-order valence-corrected chi connectivity index (χ3v) is 6.00. The fourth-order valence-corrected chi connectivity index (χ4v) is 4.49. The molecule has 7 nitrogen and oxygen atoms in total. The van der Waals surface area contributed by atoms with Crippen LogP contribution in [0.1, 0.15) is 46.5 Å². The van der Waals surface area contributed by atoms with E-state index in [9.17, 15) is 9.59 Å². The Labute approximate surface area is 164 Å². The third kappa shape index (κ3) is 3.38. The van der Waals surface area contributed by atoms with Crippen LogP contribution in [0, 0.1) is 0 Å². The summed E-state index contributed by atoms with van der Waals surface area (Å²) in [5.74, 6) is -0.215. The highest BCUT2D eigenvalue weighted by Crippen LogP contribution is 2.43. The van der Waals surface area contributed by atoms with Gasteiger partial charge in [-0.3, -0.25) is 14.6 Å². The van der Waals surface area contributed by atoms with E-state index in [1.807, 2.05) is 35.2 Å². The van der Waals surface area contributed by atoms with Crippen molar-refractivity contribution < 1.29 is 14.3 Å². The highest BCUT2D eigenvalue weighted by molar-refractivity contribution is 5.95. The molecule has 1 aromatic carbocycles. The summed E-state index contributed by atoms with van der Waals surface area (Å²) in [4.78, 5) is 35.5. The Morgan fingerprint density at radius 2 is 2.04 bits per heavy atom. The fourth-order valence-electron chi connectivity index (χ4n) is 4.49. The van der Waals surface area contributed by atoms with Crippen LogP contribution < -0.4 is 5.32 Å². The Hall–Kier alpha value is -2.80. The van der Waals surface area contributed by atoms with Crippen molar-refractivity contribution in [3.63, 3.8) is 0 Å². The Morgan fingerprint density at radius 3 is 2.75 bits per heavy atom. The molecule has 1 aliphatic carbocycles. The number of hydrogen-bond acceptors (Lipinski definition) is 5. The zero-order valence-electron chi connectivity index (χ0n) is 15.9. The van der Waals surface area contributed by atoms with Gasteiger partial charge in [0.1, 0.15) is 5.69 Å². The maximum Gasteiger partial charge on any atom is 0.271 e. The second-order valence-electron chi connectivity index (χ2n) is 7.43. The van der Waals surface area contributed by atoms with Gasteiger partial charge in [-0.2, -0.15) is 0 Å². The summed E-state index contributed by atoms with van der Waals surface area (Å²) < 4.78 is 5.93. The molecular formula is C21H24N4O3. The van der Waals surface area contributed by atoms with E-state index < -0.39 is 0 Å². The normalized spacial score (nSPS) is 26.5. The molecule has 0 spiro atoms. The van der Waals surface area contributed by atoms with E-state index in [0.29, 0.717) is 24.2 Å². The lowest BCUT2D eigenvalue weighted by Gasteiger charge is -2.43. The molecule has 4 rings (SSSR count). The van der Waals surface area contributed by atoms with Gasteiger partial charge in [-0.25, -0.2) is 4.98 Å². The van der Waals surface area contributed by atoms with Crippen LogP contribution in [0.2, 0.25) is 0 Å². The molecule has 28 heavy (non-hydrogen) atoms. The van der Waals surface area contributed by atoms with Gasteiger partial charge in [0.25, 0.3) is 11.8 Å². The predicted octanol–water partition coefficient (Wildman–Crippen LogP) is 2.06. The number of aromatic nitrogens is 2. The Kier molecular flexibility index (Phi) is 5.09. The molecule has 0 bridgehead atoms. The monoisotopic (exact) mass is 380 g/mol. The second kappa shape index (κ2) is 7.67. The van der Waals surface area contributed by atoms with Gasteiger partial charge in [0.05, 0.1) is 17.8 Å². The van der Waals surface area contributed by atoms with E-state index in [0.717, 1.165) is 19.3 Å². The van der Waals surface area contributed by atoms with Crippen LogP contribution in [0.5, 0.6) is 0 Å². The minimum absolute atomic E-state index is 0.0189. The van der Waals surface area contributed by atoms with E-state index >= 15 is 0 Å². The minimum atomic E-state index is -0.335. The van der Waals surface area contributed by atoms with Crippen molar-refractivity contribution in [2.75, 3.05) is 13.7 Å². The molecule has 2 amide bonds. The molecule has 1 N–H and O–H groups in total. The van der Waals surface area contributed by atoms with Crippen LogP contribution in [0.15, 0.2) is 48.9 Å². The van der Waals surface area contributed by atoms with Crippen molar-refractivity contribution >= 4 is 11.8 Å². The number of rotatable bonds is 4. The largest absolute Gasteiger partial charge is 0.376 e. The smallest absolute Gasteiger partial charge is 0.271 e. The van der Waals surface area contributed by atoms with Crippen LogP contribution in [-0.2, 0) is 4.74 Å². The lowest BCUT2D eigenvalue weighted by Crippen LogP contribution is -2.55. The van der Waals surface area contributed by atoms with Crippen LogP contribution in [-0.4, -0.2) is 58.0 Å². The molecule has 1 aromatic heterocycles. The second-order valence-corrected chi connectivity index (χ2v) is 7.43. The molecule has 7 heteroatoms. The molecule has 2 aliphatic rings. The first-order chi connectivity index (χ1) is 13.6. The first-order valence-corrected chi connectivity index (χ1v) is 9.61. The predicted molar refractivity (Wildman–Crippen MR) is 103 cm³/mol. The van der Waals surface area contributed by atoms with Gasteiger partial charge in [-0.15, -0.1) is 0 Å². The number of methoxy groups -OCH3 is 1. The summed E-state index contributed by atoms with van der Waals surface area (Å²) in [5, 5.41) is 3.05. The van der Waals surface area contributed by atoms with Gasteiger partial charge in [0.15, 0.2) is 0 Å². The van der Waals surface area contributed by atoms with Crippen molar-refractivity contribution in [2.24, 2.45) is 0 Å². The highest BCUT2D eigenvalue weighted by atomic mass is 16.5. The average molecular weight is 380 g/mol. The van der Waals surface area contributed by atoms with E-state index in [-0.39, 0.29) is 29.5 Å². The van der Waals surface area contributed by atoms with Crippen LogP contribution in [0.25, 0.3) is 0 Å². The van der Waals surface area contributed by atoms with Crippen molar-refractivity contribution in [1.82, 2.24) is 20.2 Å². The number of nitrogens with one attached hydrogen (secondary N) is 1. The summed E-state index contributed by atoms with van der Waals surface area (Å²) in [6.07, 6.45) is 7.59. The van der Waals surface area contributed by atoms with Crippen molar-refractivity contribution in [1.29, 1.82) is 0 Å². The number of ether oxygens (including phenoxy) is 1. The molecule has 3 atom stereocenters. The lowest BCUT2D eigenvalue weighted by molar-refractivity contribution is -0.0625. The summed E-state index contributed by atoms with van der Waals surface area (Å²) in [6, 6.07) is 9.23. The van der Waals surface area contributed by atoms with Crippen molar-refractivity contribution in [3.05, 3.63) is 60.2 Å². The molecular weight excluding hydrogens is 356 g/mol. The molecule has 1 saturated carbocycles. The number of carbonyl (C=O) groups excluding carboxylic acids is 2. The van der Waals surface area contributed by atoms with Gasteiger partial charge in [0.2, 0.25) is 0 Å². The van der Waals surface area contributed by atoms with E-state index in [1.165, 1.54) is 18.6 Å². The standard InChI is InChI=1S/C21H24N4O3/c1-28-21-8-7-16(24-19(26)17-14-22-10-11-23-17)13-18(21)25(12-9-21)20(27)15-5-3-2-4-6-15/h2-6,10-11,14,16,18H,7-9,12-13H2,1H3,(H,24,26)/t16-,18+,21-/m1/s1. The Morgan fingerprint density at radius 1 is 1.21 bits per heavy atom. The first-order valence-electron chi connectivity index (χ1n) is 9.61. The van der Waals surface area contributed by atoms with Crippen molar-refractivity contribution in [3.8, 4) is 0 Å². The topological polar surface area (TPSA) is 84.4 Å². The molecule has 2 aromatic rings. The Balaban J connectivity index is 1.51. The average Bonchev–Trinajstić information content (AvgIpc) is 3.14. The van der Waals surface area contributed by atoms with Gasteiger partial charge >= 0.3 is 0 Å². The van der Waals surface area contributed by atoms with E-state index in [4.69, 9.17) is 4.74 Å². The van der Waals surface area contributed by atoms with Gasteiger partial charge in [0, 0.05) is 37.7 Å². The quantitative estimate of drug-likeness (QED) is 0.878. The summed E-state index contributed by atoms with van der Waals surface area (Å²) in [7, 11) is 1.72.